The zero-order valence-corrected chi connectivity index (χ0v) is 34.3. The molecule has 3 atom stereocenters. The Morgan fingerprint density at radius 2 is 1.05 bits per heavy atom. The smallest absolute Gasteiger partial charge is 0.472 e. The Morgan fingerprint density at radius 1 is 0.600 bits per heavy atom. The number of unbranched alkanes of at least 4 members (excludes halogenated alkanes) is 8. The molecule has 0 saturated carbocycles. The van der Waals surface area contributed by atoms with Crippen molar-refractivity contribution in [2.75, 3.05) is 19.8 Å². The quantitative estimate of drug-likeness (QED) is 0.0207. The number of aliphatic carboxylic acids is 1. The minimum absolute atomic E-state index is 0.0608. The third kappa shape index (κ3) is 37.4. The molecule has 0 aromatic rings. The van der Waals surface area contributed by atoms with Gasteiger partial charge in [0.1, 0.15) is 12.7 Å². The van der Waals surface area contributed by atoms with Crippen LogP contribution < -0.4 is 5.32 Å². The van der Waals surface area contributed by atoms with Crippen LogP contribution in [0.4, 0.5) is 0 Å². The van der Waals surface area contributed by atoms with Crippen LogP contribution >= 0.6 is 7.82 Å². The van der Waals surface area contributed by atoms with E-state index < -0.39 is 57.6 Å². The molecule has 55 heavy (non-hydrogen) atoms. The Morgan fingerprint density at radius 3 is 1.55 bits per heavy atom. The molecule has 312 valence electrons. The average Bonchev–Trinajstić information content (AvgIpc) is 3.16. The number of hydrogen-bond donors (Lipinski definition) is 4. The normalized spacial score (nSPS) is 14.7. The number of aliphatic hydroxyl groups is 1. The second-order valence-corrected chi connectivity index (χ2v) is 14.5. The van der Waals surface area contributed by atoms with E-state index in [1.165, 1.54) is 25.7 Å². The fourth-order valence-electron chi connectivity index (χ4n) is 4.83. The molecule has 0 aliphatic carbocycles. The number of nitrogens with one attached hydrogen (secondary N) is 1. The summed E-state index contributed by atoms with van der Waals surface area (Å²) in [6.07, 6.45) is 45.0. The lowest BCUT2D eigenvalue weighted by molar-refractivity contribution is -0.147. The van der Waals surface area contributed by atoms with Crippen molar-refractivity contribution in [3.63, 3.8) is 0 Å². The maximum Gasteiger partial charge on any atom is 0.472 e. The Kier molecular flexibility index (Phi) is 35.3. The molecule has 0 fully saturated rings. The van der Waals surface area contributed by atoms with Crippen molar-refractivity contribution in [3.8, 4) is 0 Å². The number of carbonyl (C=O) groups excluding carboxylic acids is 2. The standard InChI is InChI=1S/C43H70NO10P/c1-3-5-7-9-11-13-14-15-16-17-18-19-20-21-22-23-24-25-26-27-28-30-32-34-41(46)44-40(43(48)49)38-54-55(50,51)53-37-39(45)36-52-42(47)35-33-31-29-12-10-8-6-4-2/h5,7,11,13,15-16,18-19,21-22,24-25,27-28,39-40,45H,3-4,6,8-10,12,14,17,20,23,26,29-38H2,1-2H3,(H,44,46)(H,48,49)(H,50,51)/b7-5-,13-11-,16-15-,19-18-,22-21-,25-24-,28-27-. The molecule has 0 bridgehead atoms. The molecule has 0 aromatic carbocycles. The van der Waals surface area contributed by atoms with Gasteiger partial charge in [-0.15, -0.1) is 0 Å². The first-order valence-corrected chi connectivity index (χ1v) is 21.6. The highest BCUT2D eigenvalue weighted by Crippen LogP contribution is 2.43. The van der Waals surface area contributed by atoms with Gasteiger partial charge >= 0.3 is 19.8 Å². The van der Waals surface area contributed by atoms with Gasteiger partial charge in [-0.05, 0) is 64.2 Å². The lowest BCUT2D eigenvalue weighted by Crippen LogP contribution is -2.43. The van der Waals surface area contributed by atoms with Gasteiger partial charge in [-0.3, -0.25) is 18.6 Å². The van der Waals surface area contributed by atoms with Gasteiger partial charge in [0.2, 0.25) is 5.91 Å². The van der Waals surface area contributed by atoms with E-state index >= 15 is 0 Å². The highest BCUT2D eigenvalue weighted by Gasteiger charge is 2.28. The van der Waals surface area contributed by atoms with Gasteiger partial charge in [-0.25, -0.2) is 9.36 Å². The predicted molar refractivity (Wildman–Crippen MR) is 221 cm³/mol. The fraction of sp³-hybridized carbons (Fsp3) is 0.605. The molecular formula is C43H70NO10P. The number of phosphoric ester groups is 1. The number of hydrogen-bond acceptors (Lipinski definition) is 8. The number of aliphatic hydroxyl groups excluding tert-OH is 1. The fourth-order valence-corrected chi connectivity index (χ4v) is 5.60. The second kappa shape index (κ2) is 37.6. The van der Waals surface area contributed by atoms with Crippen molar-refractivity contribution < 1.29 is 47.8 Å². The minimum atomic E-state index is -4.77. The molecule has 11 nitrogen and oxygen atoms in total. The molecule has 12 heteroatoms. The summed E-state index contributed by atoms with van der Waals surface area (Å²) in [4.78, 5) is 45.6. The van der Waals surface area contributed by atoms with Crippen LogP contribution in [0.2, 0.25) is 0 Å². The van der Waals surface area contributed by atoms with Crippen molar-refractivity contribution >= 4 is 25.7 Å². The lowest BCUT2D eigenvalue weighted by atomic mass is 10.1. The van der Waals surface area contributed by atoms with Crippen molar-refractivity contribution in [1.82, 2.24) is 5.32 Å². The number of carbonyl (C=O) groups is 3. The Bertz CT molecular complexity index is 1250. The molecule has 0 radical (unpaired) electrons. The first kappa shape index (κ1) is 51.7. The van der Waals surface area contributed by atoms with Gasteiger partial charge < -0.3 is 25.2 Å². The molecule has 0 aromatic heterocycles. The molecule has 1 amide bonds. The largest absolute Gasteiger partial charge is 0.480 e. The summed E-state index contributed by atoms with van der Waals surface area (Å²) in [7, 11) is -4.77. The van der Waals surface area contributed by atoms with Crippen molar-refractivity contribution in [2.45, 2.75) is 148 Å². The highest BCUT2D eigenvalue weighted by atomic mass is 31.2. The Balaban J connectivity index is 4.07. The second-order valence-electron chi connectivity index (χ2n) is 13.1. The Labute approximate surface area is 331 Å². The summed E-state index contributed by atoms with van der Waals surface area (Å²) in [6, 6.07) is -1.58. The van der Waals surface area contributed by atoms with Gasteiger partial charge in [-0.2, -0.15) is 0 Å². The molecule has 0 heterocycles. The van der Waals surface area contributed by atoms with Crippen molar-refractivity contribution in [3.05, 3.63) is 85.1 Å². The first-order valence-electron chi connectivity index (χ1n) is 20.1. The molecular weight excluding hydrogens is 721 g/mol. The summed E-state index contributed by atoms with van der Waals surface area (Å²) in [5.41, 5.74) is 0. The van der Waals surface area contributed by atoms with E-state index in [4.69, 9.17) is 13.8 Å². The number of allylic oxidation sites excluding steroid dienone is 14. The van der Waals surface area contributed by atoms with E-state index in [2.05, 4.69) is 92.1 Å². The molecule has 0 aliphatic rings. The monoisotopic (exact) mass is 791 g/mol. The van der Waals surface area contributed by atoms with Crippen LogP contribution in [0.5, 0.6) is 0 Å². The maximum atomic E-state index is 12.3. The van der Waals surface area contributed by atoms with Gasteiger partial charge in [0.05, 0.1) is 13.2 Å². The molecule has 0 saturated heterocycles. The number of rotatable bonds is 36. The third-order valence-electron chi connectivity index (χ3n) is 7.95. The molecule has 0 rings (SSSR count). The van der Waals surface area contributed by atoms with Crippen molar-refractivity contribution in [2.24, 2.45) is 0 Å². The third-order valence-corrected chi connectivity index (χ3v) is 8.90. The summed E-state index contributed by atoms with van der Waals surface area (Å²) in [5, 5.41) is 21.7. The van der Waals surface area contributed by atoms with Crippen LogP contribution in [-0.4, -0.2) is 64.9 Å². The highest BCUT2D eigenvalue weighted by molar-refractivity contribution is 7.47. The number of carboxylic acids is 1. The first-order chi connectivity index (χ1) is 26.6. The molecule has 4 N–H and O–H groups in total. The molecule has 3 unspecified atom stereocenters. The van der Waals surface area contributed by atoms with Crippen LogP contribution in [-0.2, 0) is 32.7 Å². The van der Waals surface area contributed by atoms with Gasteiger partial charge in [-0.1, -0.05) is 144 Å². The average molecular weight is 792 g/mol. The van der Waals surface area contributed by atoms with E-state index in [9.17, 15) is 34.1 Å². The minimum Gasteiger partial charge on any atom is -0.480 e. The van der Waals surface area contributed by atoms with Gasteiger partial charge in [0, 0.05) is 12.8 Å². The zero-order chi connectivity index (χ0) is 40.7. The van der Waals surface area contributed by atoms with Crippen LogP contribution in [0.15, 0.2) is 85.1 Å². The topological polar surface area (TPSA) is 169 Å². The van der Waals surface area contributed by atoms with E-state index in [0.29, 0.717) is 19.3 Å². The van der Waals surface area contributed by atoms with E-state index in [1.807, 2.05) is 12.2 Å². The van der Waals surface area contributed by atoms with E-state index in [-0.39, 0.29) is 12.8 Å². The molecule has 0 aliphatic heterocycles. The van der Waals surface area contributed by atoms with Gasteiger partial charge in [0.15, 0.2) is 6.04 Å². The summed E-state index contributed by atoms with van der Waals surface area (Å²) in [5.74, 6) is -2.47. The number of esters is 1. The number of phosphoric acid groups is 1. The van der Waals surface area contributed by atoms with Crippen molar-refractivity contribution in [1.29, 1.82) is 0 Å². The van der Waals surface area contributed by atoms with Gasteiger partial charge in [0.25, 0.3) is 0 Å². The predicted octanol–water partition coefficient (Wildman–Crippen LogP) is 9.94. The lowest BCUT2D eigenvalue weighted by Gasteiger charge is -2.18. The molecule has 0 spiro atoms. The van der Waals surface area contributed by atoms with Crippen LogP contribution in [0.1, 0.15) is 136 Å². The van der Waals surface area contributed by atoms with Crippen LogP contribution in [0.25, 0.3) is 0 Å². The number of ether oxygens (including phenoxy) is 1. The number of amides is 1. The SMILES string of the molecule is CC/C=C\C/C=C\C/C=C\C/C=C\C/C=C\C/C=C\C/C=C\CCCC(=O)NC(COP(=O)(O)OCC(O)COC(=O)CCCCCCCCCC)C(=O)O. The Hall–Kier alpha value is -3.34. The zero-order valence-electron chi connectivity index (χ0n) is 33.4. The van der Waals surface area contributed by atoms with Crippen LogP contribution in [0, 0.1) is 0 Å². The summed E-state index contributed by atoms with van der Waals surface area (Å²) in [6.45, 7) is 2.36. The van der Waals surface area contributed by atoms with E-state index in [0.717, 1.165) is 64.2 Å². The maximum absolute atomic E-state index is 12.3. The van der Waals surface area contributed by atoms with Crippen LogP contribution in [0.3, 0.4) is 0 Å². The summed E-state index contributed by atoms with van der Waals surface area (Å²) >= 11 is 0. The van der Waals surface area contributed by atoms with E-state index in [1.54, 1.807) is 0 Å². The summed E-state index contributed by atoms with van der Waals surface area (Å²) < 4.78 is 26.6. The number of carboxylic acid groups (broad SMARTS) is 1.